The average Bonchev–Trinajstić information content (AvgIpc) is 2.54. The van der Waals surface area contributed by atoms with E-state index in [1.165, 1.54) is 11.5 Å². The maximum absolute atomic E-state index is 11.4. The first-order chi connectivity index (χ1) is 7.83. The Morgan fingerprint density at radius 3 is 2.65 bits per heavy atom. The van der Waals surface area contributed by atoms with Crippen molar-refractivity contribution >= 4 is 33.6 Å². The van der Waals surface area contributed by atoms with Gasteiger partial charge in [-0.05, 0) is 48.2 Å². The summed E-state index contributed by atoms with van der Waals surface area (Å²) in [6.45, 7) is 5.81. The molecule has 1 N–H and O–H groups in total. The summed E-state index contributed by atoms with van der Waals surface area (Å²) in [5.74, 6) is 0.524. The first-order valence-corrected chi connectivity index (χ1v) is 6.55. The van der Waals surface area contributed by atoms with E-state index in [0.717, 1.165) is 9.35 Å². The van der Waals surface area contributed by atoms with Crippen LogP contribution in [-0.2, 0) is 11.3 Å². The number of amides is 1. The molecule has 0 spiro atoms. The number of ether oxygens (including phenoxy) is 2. The van der Waals surface area contributed by atoms with Crippen LogP contribution in [0.4, 0.5) is 4.79 Å². The molecule has 0 bridgehead atoms. The molecule has 0 saturated carbocycles. The van der Waals surface area contributed by atoms with E-state index in [4.69, 9.17) is 9.47 Å². The highest BCUT2D eigenvalue weighted by molar-refractivity contribution is 9.10. The van der Waals surface area contributed by atoms with Gasteiger partial charge in [-0.3, -0.25) is 0 Å². The Kier molecular flexibility index (Phi) is 4.76. The van der Waals surface area contributed by atoms with Gasteiger partial charge in [-0.1, -0.05) is 0 Å². The number of rotatable bonds is 3. The molecule has 96 valence electrons. The van der Waals surface area contributed by atoms with Gasteiger partial charge in [-0.15, -0.1) is 0 Å². The van der Waals surface area contributed by atoms with Crippen molar-refractivity contribution in [3.05, 3.63) is 9.35 Å². The molecular weight excluding hydrogens is 308 g/mol. The Labute approximate surface area is 113 Å². The number of nitrogens with zero attached hydrogens (tertiary/aromatic N) is 1. The van der Waals surface area contributed by atoms with Crippen molar-refractivity contribution in [2.45, 2.75) is 32.9 Å². The fourth-order valence-electron chi connectivity index (χ4n) is 0.999. The van der Waals surface area contributed by atoms with Gasteiger partial charge < -0.3 is 14.8 Å². The monoisotopic (exact) mass is 322 g/mol. The molecule has 0 radical (unpaired) electrons. The summed E-state index contributed by atoms with van der Waals surface area (Å²) in [4.78, 5) is 12.3. The van der Waals surface area contributed by atoms with Crippen LogP contribution in [0.5, 0.6) is 5.88 Å². The second-order valence-electron chi connectivity index (χ2n) is 4.28. The maximum atomic E-state index is 11.4. The summed E-state index contributed by atoms with van der Waals surface area (Å²) >= 11 is 4.62. The number of hydrogen-bond donors (Lipinski definition) is 1. The molecule has 1 rings (SSSR count). The lowest BCUT2D eigenvalue weighted by Crippen LogP contribution is -2.32. The lowest BCUT2D eigenvalue weighted by Gasteiger charge is -2.19. The third-order valence-electron chi connectivity index (χ3n) is 1.66. The Hall–Kier alpha value is -0.820. The Balaban J connectivity index is 2.50. The smallest absolute Gasteiger partial charge is 0.407 e. The zero-order chi connectivity index (χ0) is 13.1. The van der Waals surface area contributed by atoms with E-state index in [1.807, 2.05) is 20.8 Å². The first kappa shape index (κ1) is 14.2. The van der Waals surface area contributed by atoms with Crippen molar-refractivity contribution in [2.75, 3.05) is 7.11 Å². The second kappa shape index (κ2) is 5.68. The minimum atomic E-state index is -0.493. The highest BCUT2D eigenvalue weighted by Crippen LogP contribution is 2.30. The first-order valence-electron chi connectivity index (χ1n) is 4.98. The zero-order valence-electron chi connectivity index (χ0n) is 10.2. The molecule has 0 fully saturated rings. The molecule has 0 aromatic carbocycles. The number of carbonyl (C=O) groups is 1. The summed E-state index contributed by atoms with van der Waals surface area (Å²) in [6, 6.07) is 0. The van der Waals surface area contributed by atoms with Gasteiger partial charge in [0, 0.05) is 0 Å². The minimum absolute atomic E-state index is 0.358. The number of methoxy groups -OCH3 is 1. The van der Waals surface area contributed by atoms with Crippen LogP contribution in [0.15, 0.2) is 4.47 Å². The molecule has 0 saturated heterocycles. The van der Waals surface area contributed by atoms with E-state index in [0.29, 0.717) is 12.4 Å². The lowest BCUT2D eigenvalue weighted by molar-refractivity contribution is 0.0524. The van der Waals surface area contributed by atoms with E-state index in [-0.39, 0.29) is 0 Å². The highest BCUT2D eigenvalue weighted by atomic mass is 79.9. The van der Waals surface area contributed by atoms with E-state index < -0.39 is 11.7 Å². The van der Waals surface area contributed by atoms with Crippen LogP contribution in [0.25, 0.3) is 0 Å². The van der Waals surface area contributed by atoms with Crippen LogP contribution in [-0.4, -0.2) is 23.2 Å². The predicted molar refractivity (Wildman–Crippen MR) is 69.4 cm³/mol. The van der Waals surface area contributed by atoms with E-state index in [9.17, 15) is 4.79 Å². The topological polar surface area (TPSA) is 60.5 Å². The standard InChI is InChI=1S/C10H15BrN2O3S/c1-10(2,3)16-9(14)12-5-6-7(11)8(15-4)13-17-6/h5H2,1-4H3,(H,12,14). The van der Waals surface area contributed by atoms with Crippen LogP contribution in [0.3, 0.4) is 0 Å². The number of hydrogen-bond acceptors (Lipinski definition) is 5. The number of carbonyl (C=O) groups excluding carboxylic acids is 1. The van der Waals surface area contributed by atoms with Crippen LogP contribution in [0.2, 0.25) is 0 Å². The minimum Gasteiger partial charge on any atom is -0.480 e. The average molecular weight is 323 g/mol. The largest absolute Gasteiger partial charge is 0.480 e. The van der Waals surface area contributed by atoms with Gasteiger partial charge in [-0.25, -0.2) is 4.79 Å². The molecule has 17 heavy (non-hydrogen) atoms. The molecule has 1 amide bonds. The second-order valence-corrected chi connectivity index (χ2v) is 5.94. The van der Waals surface area contributed by atoms with Gasteiger partial charge in [0.1, 0.15) is 5.60 Å². The van der Waals surface area contributed by atoms with Gasteiger partial charge in [0.25, 0.3) is 0 Å². The third-order valence-corrected chi connectivity index (χ3v) is 3.56. The van der Waals surface area contributed by atoms with Crippen LogP contribution in [0, 0.1) is 0 Å². The molecule has 0 aliphatic carbocycles. The Bertz CT molecular complexity index is 401. The van der Waals surface area contributed by atoms with Gasteiger partial charge in [0.15, 0.2) is 0 Å². The zero-order valence-corrected chi connectivity index (χ0v) is 12.6. The number of halogens is 1. The molecule has 1 aromatic rings. The predicted octanol–water partition coefficient (Wildman–Crippen LogP) is 2.94. The fourth-order valence-corrected chi connectivity index (χ4v) is 2.39. The normalized spacial score (nSPS) is 11.1. The van der Waals surface area contributed by atoms with Gasteiger partial charge >= 0.3 is 6.09 Å². The number of nitrogens with one attached hydrogen (secondary N) is 1. The Morgan fingerprint density at radius 2 is 2.18 bits per heavy atom. The van der Waals surface area contributed by atoms with Gasteiger partial charge in [-0.2, -0.15) is 4.37 Å². The van der Waals surface area contributed by atoms with Crippen molar-refractivity contribution in [1.82, 2.24) is 9.69 Å². The summed E-state index contributed by atoms with van der Waals surface area (Å²) in [7, 11) is 1.55. The van der Waals surface area contributed by atoms with Crippen LogP contribution < -0.4 is 10.1 Å². The molecule has 1 heterocycles. The van der Waals surface area contributed by atoms with Crippen molar-refractivity contribution in [2.24, 2.45) is 0 Å². The molecule has 7 heteroatoms. The molecule has 0 unspecified atom stereocenters. The highest BCUT2D eigenvalue weighted by Gasteiger charge is 2.17. The van der Waals surface area contributed by atoms with Crippen molar-refractivity contribution in [1.29, 1.82) is 0 Å². The van der Waals surface area contributed by atoms with Crippen molar-refractivity contribution in [3.8, 4) is 5.88 Å². The van der Waals surface area contributed by atoms with Crippen molar-refractivity contribution in [3.63, 3.8) is 0 Å². The fraction of sp³-hybridized carbons (Fsp3) is 0.600. The Morgan fingerprint density at radius 1 is 1.53 bits per heavy atom. The van der Waals surface area contributed by atoms with Crippen LogP contribution >= 0.6 is 27.5 Å². The molecule has 0 aliphatic rings. The van der Waals surface area contributed by atoms with E-state index >= 15 is 0 Å². The number of aromatic nitrogens is 1. The van der Waals surface area contributed by atoms with Gasteiger partial charge in [0.2, 0.25) is 5.88 Å². The molecule has 5 nitrogen and oxygen atoms in total. The van der Waals surface area contributed by atoms with Crippen LogP contribution in [0.1, 0.15) is 25.6 Å². The summed E-state index contributed by atoms with van der Waals surface area (Å²) in [5.41, 5.74) is -0.493. The van der Waals surface area contributed by atoms with E-state index in [2.05, 4.69) is 25.6 Å². The van der Waals surface area contributed by atoms with Gasteiger partial charge in [0.05, 0.1) is 23.0 Å². The van der Waals surface area contributed by atoms with E-state index in [1.54, 1.807) is 7.11 Å². The molecule has 0 atom stereocenters. The SMILES string of the molecule is COc1nsc(CNC(=O)OC(C)(C)C)c1Br. The third kappa shape index (κ3) is 4.51. The molecular formula is C10H15BrN2O3S. The summed E-state index contributed by atoms with van der Waals surface area (Å²) in [6.07, 6.45) is -0.447. The quantitative estimate of drug-likeness (QED) is 0.929. The summed E-state index contributed by atoms with van der Waals surface area (Å²) in [5, 5.41) is 2.66. The molecule has 0 aliphatic heterocycles. The van der Waals surface area contributed by atoms with Crippen molar-refractivity contribution < 1.29 is 14.3 Å². The number of alkyl carbamates (subject to hydrolysis) is 1. The molecule has 1 aromatic heterocycles. The lowest BCUT2D eigenvalue weighted by atomic mass is 10.2. The maximum Gasteiger partial charge on any atom is 0.407 e. The summed E-state index contributed by atoms with van der Waals surface area (Å²) < 4.78 is 15.0.